The first kappa shape index (κ1) is 14.3. The molecule has 0 spiro atoms. The number of hydrogen-bond acceptors (Lipinski definition) is 2. The summed E-state index contributed by atoms with van der Waals surface area (Å²) >= 11 is 0. The van der Waals surface area contributed by atoms with Gasteiger partial charge in [0.05, 0.1) is 0 Å². The second-order valence-corrected chi connectivity index (χ2v) is 6.94. The van der Waals surface area contributed by atoms with E-state index in [-0.39, 0.29) is 5.41 Å². The molecule has 1 saturated carbocycles. The Morgan fingerprint density at radius 1 is 1.17 bits per heavy atom. The van der Waals surface area contributed by atoms with Crippen LogP contribution in [0.5, 0.6) is 0 Å². The molecular formula is C16H31NO. The van der Waals surface area contributed by atoms with E-state index in [1.165, 1.54) is 51.5 Å². The Morgan fingerprint density at radius 3 is 2.61 bits per heavy atom. The minimum absolute atomic E-state index is 0.119. The summed E-state index contributed by atoms with van der Waals surface area (Å²) in [5, 5.41) is 9.72. The van der Waals surface area contributed by atoms with Crippen molar-refractivity contribution >= 4 is 0 Å². The van der Waals surface area contributed by atoms with Crippen LogP contribution >= 0.6 is 0 Å². The fourth-order valence-corrected chi connectivity index (χ4v) is 4.23. The van der Waals surface area contributed by atoms with Crippen LogP contribution in [0, 0.1) is 11.3 Å². The zero-order valence-electron chi connectivity index (χ0n) is 12.3. The molecule has 0 aromatic carbocycles. The highest BCUT2D eigenvalue weighted by atomic mass is 16.3. The van der Waals surface area contributed by atoms with Crippen LogP contribution < -0.4 is 0 Å². The quantitative estimate of drug-likeness (QED) is 0.811. The summed E-state index contributed by atoms with van der Waals surface area (Å²) in [5.41, 5.74) is 0.119. The highest BCUT2D eigenvalue weighted by Gasteiger charge is 2.36. The topological polar surface area (TPSA) is 23.5 Å². The third-order valence-electron chi connectivity index (χ3n) is 5.18. The van der Waals surface area contributed by atoms with Crippen LogP contribution in [0.1, 0.15) is 65.2 Å². The molecule has 1 N–H and O–H groups in total. The molecule has 2 rings (SSSR count). The molecular weight excluding hydrogens is 222 g/mol. The van der Waals surface area contributed by atoms with Gasteiger partial charge in [0.25, 0.3) is 0 Å². The maximum atomic E-state index is 9.72. The first-order valence-corrected chi connectivity index (χ1v) is 8.03. The fraction of sp³-hybridized carbons (Fsp3) is 1.00. The Morgan fingerprint density at radius 2 is 1.89 bits per heavy atom. The first-order valence-electron chi connectivity index (χ1n) is 8.03. The number of piperidine rings is 1. The van der Waals surface area contributed by atoms with Gasteiger partial charge in [-0.2, -0.15) is 0 Å². The summed E-state index contributed by atoms with van der Waals surface area (Å²) in [6, 6.07) is 0.829. The zero-order valence-corrected chi connectivity index (χ0v) is 12.3. The van der Waals surface area contributed by atoms with Crippen LogP contribution in [0.4, 0.5) is 0 Å². The van der Waals surface area contributed by atoms with Gasteiger partial charge in [-0.1, -0.05) is 33.1 Å². The Kier molecular flexibility index (Phi) is 5.08. The second kappa shape index (κ2) is 6.38. The van der Waals surface area contributed by atoms with Crippen molar-refractivity contribution in [2.45, 2.75) is 71.3 Å². The molecule has 1 aliphatic carbocycles. The minimum Gasteiger partial charge on any atom is -0.396 e. The summed E-state index contributed by atoms with van der Waals surface area (Å²) in [5.74, 6) is 0.956. The molecule has 0 aromatic heterocycles. The van der Waals surface area contributed by atoms with Crippen LogP contribution in [-0.2, 0) is 0 Å². The van der Waals surface area contributed by atoms with Crippen molar-refractivity contribution in [1.29, 1.82) is 0 Å². The average molecular weight is 253 g/mol. The van der Waals surface area contributed by atoms with E-state index in [2.05, 4.69) is 18.7 Å². The minimum atomic E-state index is 0.119. The van der Waals surface area contributed by atoms with Gasteiger partial charge in [0.15, 0.2) is 0 Å². The van der Waals surface area contributed by atoms with Crippen LogP contribution in [-0.4, -0.2) is 35.7 Å². The Bertz CT molecular complexity index is 253. The van der Waals surface area contributed by atoms with Crippen molar-refractivity contribution in [3.05, 3.63) is 0 Å². The number of rotatable bonds is 5. The number of likely N-dealkylation sites (tertiary alicyclic amines) is 1. The average Bonchev–Trinajstić information content (AvgIpc) is 2.39. The summed E-state index contributed by atoms with van der Waals surface area (Å²) in [6.07, 6.45) is 10.9. The predicted octanol–water partition coefficient (Wildman–Crippen LogP) is 3.44. The monoisotopic (exact) mass is 253 g/mol. The lowest BCUT2D eigenvalue weighted by molar-refractivity contribution is 0.00574. The van der Waals surface area contributed by atoms with Gasteiger partial charge >= 0.3 is 0 Å². The molecule has 1 saturated heterocycles. The SMILES string of the molecule is CCCC(C)(CO)CN1CCCC2CCCCC21. The number of nitrogens with zero attached hydrogens (tertiary/aromatic N) is 1. The molecule has 2 heteroatoms. The Balaban J connectivity index is 1.97. The summed E-state index contributed by atoms with van der Waals surface area (Å²) < 4.78 is 0. The predicted molar refractivity (Wildman–Crippen MR) is 76.7 cm³/mol. The van der Waals surface area contributed by atoms with Gasteiger partial charge in [0.1, 0.15) is 0 Å². The van der Waals surface area contributed by atoms with Crippen molar-refractivity contribution in [3.63, 3.8) is 0 Å². The van der Waals surface area contributed by atoms with E-state index < -0.39 is 0 Å². The molecule has 0 amide bonds. The van der Waals surface area contributed by atoms with Crippen LogP contribution in [0.3, 0.4) is 0 Å². The summed E-state index contributed by atoms with van der Waals surface area (Å²) in [6.45, 7) is 7.21. The third kappa shape index (κ3) is 3.27. The number of aliphatic hydroxyl groups is 1. The normalized spacial score (nSPS) is 32.8. The van der Waals surface area contributed by atoms with Gasteiger partial charge in [-0.05, 0) is 44.6 Å². The van der Waals surface area contributed by atoms with Crippen LogP contribution in [0.2, 0.25) is 0 Å². The Labute approximate surface area is 113 Å². The maximum absolute atomic E-state index is 9.72. The highest BCUT2D eigenvalue weighted by Crippen LogP contribution is 2.37. The standard InChI is InChI=1S/C16H31NO/c1-3-10-16(2,13-18)12-17-11-6-8-14-7-4-5-9-15(14)17/h14-15,18H,3-13H2,1-2H3. The zero-order chi connectivity index (χ0) is 13.0. The first-order chi connectivity index (χ1) is 8.68. The largest absolute Gasteiger partial charge is 0.396 e. The second-order valence-electron chi connectivity index (χ2n) is 6.94. The molecule has 2 aliphatic rings. The number of hydrogen-bond donors (Lipinski definition) is 1. The van der Waals surface area contributed by atoms with Crippen molar-refractivity contribution < 1.29 is 5.11 Å². The molecule has 18 heavy (non-hydrogen) atoms. The van der Waals surface area contributed by atoms with E-state index in [1.807, 2.05) is 0 Å². The van der Waals surface area contributed by atoms with Crippen molar-refractivity contribution in [3.8, 4) is 0 Å². The van der Waals surface area contributed by atoms with E-state index in [4.69, 9.17) is 0 Å². The van der Waals surface area contributed by atoms with Gasteiger partial charge < -0.3 is 5.11 Å². The summed E-state index contributed by atoms with van der Waals surface area (Å²) in [7, 11) is 0. The van der Waals surface area contributed by atoms with E-state index in [1.54, 1.807) is 0 Å². The van der Waals surface area contributed by atoms with Gasteiger partial charge in [0, 0.05) is 24.6 Å². The molecule has 1 heterocycles. The lowest BCUT2D eigenvalue weighted by Crippen LogP contribution is -2.51. The smallest absolute Gasteiger partial charge is 0.0497 e. The molecule has 0 aromatic rings. The highest BCUT2D eigenvalue weighted by molar-refractivity contribution is 4.90. The van der Waals surface area contributed by atoms with E-state index in [0.717, 1.165) is 24.9 Å². The molecule has 2 nitrogen and oxygen atoms in total. The lowest BCUT2D eigenvalue weighted by atomic mass is 9.76. The van der Waals surface area contributed by atoms with Crippen molar-refractivity contribution in [2.24, 2.45) is 11.3 Å². The third-order valence-corrected chi connectivity index (χ3v) is 5.18. The van der Waals surface area contributed by atoms with Crippen LogP contribution in [0.15, 0.2) is 0 Å². The van der Waals surface area contributed by atoms with Crippen molar-refractivity contribution in [1.82, 2.24) is 4.90 Å². The molecule has 1 aliphatic heterocycles. The number of fused-ring (bicyclic) bond motifs is 1. The van der Waals surface area contributed by atoms with Gasteiger partial charge in [0.2, 0.25) is 0 Å². The molecule has 3 atom stereocenters. The van der Waals surface area contributed by atoms with Crippen LogP contribution in [0.25, 0.3) is 0 Å². The molecule has 106 valence electrons. The molecule has 0 radical (unpaired) electrons. The number of aliphatic hydroxyl groups excluding tert-OH is 1. The van der Waals surface area contributed by atoms with Gasteiger partial charge in [-0.25, -0.2) is 0 Å². The molecule has 3 unspecified atom stereocenters. The summed E-state index contributed by atoms with van der Waals surface area (Å²) in [4.78, 5) is 2.72. The molecule has 0 bridgehead atoms. The molecule has 2 fully saturated rings. The Hall–Kier alpha value is -0.0800. The fourth-order valence-electron chi connectivity index (χ4n) is 4.23. The van der Waals surface area contributed by atoms with Crippen molar-refractivity contribution in [2.75, 3.05) is 19.7 Å². The maximum Gasteiger partial charge on any atom is 0.0497 e. The van der Waals surface area contributed by atoms with E-state index in [9.17, 15) is 5.11 Å². The van der Waals surface area contributed by atoms with Gasteiger partial charge in [-0.3, -0.25) is 4.90 Å². The van der Waals surface area contributed by atoms with E-state index >= 15 is 0 Å². The van der Waals surface area contributed by atoms with E-state index in [0.29, 0.717) is 6.61 Å². The van der Waals surface area contributed by atoms with Gasteiger partial charge in [-0.15, -0.1) is 0 Å². The lowest BCUT2D eigenvalue weighted by Gasteiger charge is -2.47.